The van der Waals surface area contributed by atoms with Crippen molar-refractivity contribution in [3.05, 3.63) is 23.5 Å². The highest BCUT2D eigenvalue weighted by molar-refractivity contribution is 5.82. The number of nitrogens with two attached hydrogens (primary N) is 1. The van der Waals surface area contributed by atoms with Crippen LogP contribution in [0.1, 0.15) is 20.3 Å². The predicted octanol–water partition coefficient (Wildman–Crippen LogP) is 0.547. The number of allylic oxidation sites excluding steroid dienone is 1. The lowest BCUT2D eigenvalue weighted by molar-refractivity contribution is -0.00131. The molecule has 4 N–H and O–H groups in total. The van der Waals surface area contributed by atoms with Gasteiger partial charge in [0.1, 0.15) is 6.10 Å². The van der Waals surface area contributed by atoms with E-state index in [2.05, 4.69) is 28.8 Å². The zero-order chi connectivity index (χ0) is 15.1. The molecule has 3 aliphatic heterocycles. The molecule has 114 valence electrons. The second-order valence-electron chi connectivity index (χ2n) is 5.97. The highest BCUT2D eigenvalue weighted by Crippen LogP contribution is 2.37. The monoisotopic (exact) mass is 290 g/mol. The molecule has 0 aliphatic carbocycles. The molecule has 0 saturated carbocycles. The average molecular weight is 290 g/mol. The lowest BCUT2D eigenvalue weighted by atomic mass is 9.82. The molecule has 0 aromatic rings. The molecule has 0 radical (unpaired) electrons. The van der Waals surface area contributed by atoms with Crippen molar-refractivity contribution < 1.29 is 9.84 Å². The number of guanidine groups is 1. The van der Waals surface area contributed by atoms with Crippen molar-refractivity contribution >= 4 is 12.2 Å². The number of hydrogen-bond donors (Lipinski definition) is 3. The van der Waals surface area contributed by atoms with Gasteiger partial charge in [0.05, 0.1) is 24.4 Å². The second kappa shape index (κ2) is 5.27. The molecule has 1 fully saturated rings. The van der Waals surface area contributed by atoms with Crippen LogP contribution >= 0.6 is 0 Å². The van der Waals surface area contributed by atoms with E-state index >= 15 is 0 Å². The van der Waals surface area contributed by atoms with E-state index in [0.29, 0.717) is 5.96 Å². The van der Waals surface area contributed by atoms with Crippen molar-refractivity contribution in [2.45, 2.75) is 38.5 Å². The Kier molecular flexibility index (Phi) is 3.59. The molecule has 0 aromatic heterocycles. The number of aliphatic hydroxyl groups is 1. The molecule has 3 aliphatic rings. The van der Waals surface area contributed by atoms with E-state index in [4.69, 9.17) is 10.5 Å². The smallest absolute Gasteiger partial charge is 0.193 e. The fourth-order valence-corrected chi connectivity index (χ4v) is 3.30. The molecule has 21 heavy (non-hydrogen) atoms. The Morgan fingerprint density at radius 1 is 1.52 bits per heavy atom. The zero-order valence-electron chi connectivity index (χ0n) is 12.4. The van der Waals surface area contributed by atoms with Crippen LogP contribution in [0, 0.1) is 11.8 Å². The SMILES string of the molecule is C=C1C[C@H](C2C=NC3=C(NC(N)=NC3C)C2C)O[C@@H]1CO. The van der Waals surface area contributed by atoms with Crippen molar-refractivity contribution in [1.82, 2.24) is 5.32 Å². The third-order valence-corrected chi connectivity index (χ3v) is 4.54. The van der Waals surface area contributed by atoms with Crippen LogP contribution in [0.2, 0.25) is 0 Å². The van der Waals surface area contributed by atoms with E-state index in [1.807, 2.05) is 13.1 Å². The number of rotatable bonds is 2. The van der Waals surface area contributed by atoms with Crippen LogP contribution < -0.4 is 11.1 Å². The summed E-state index contributed by atoms with van der Waals surface area (Å²) in [6, 6.07) is -0.0226. The van der Waals surface area contributed by atoms with Crippen molar-refractivity contribution in [2.24, 2.45) is 27.6 Å². The van der Waals surface area contributed by atoms with Gasteiger partial charge in [-0.15, -0.1) is 0 Å². The largest absolute Gasteiger partial charge is 0.393 e. The average Bonchev–Trinajstić information content (AvgIpc) is 2.81. The minimum atomic E-state index is -0.254. The zero-order valence-corrected chi connectivity index (χ0v) is 12.4. The fraction of sp³-hybridized carbons (Fsp3) is 0.600. The Bertz CT molecular complexity index is 552. The van der Waals surface area contributed by atoms with E-state index in [0.717, 1.165) is 23.4 Å². The Balaban J connectivity index is 1.80. The molecule has 0 amide bonds. The molecule has 6 nitrogen and oxygen atoms in total. The number of ether oxygens (including phenoxy) is 1. The molecule has 0 aromatic carbocycles. The highest BCUT2D eigenvalue weighted by atomic mass is 16.5. The lowest BCUT2D eigenvalue weighted by Crippen LogP contribution is -2.44. The third-order valence-electron chi connectivity index (χ3n) is 4.54. The van der Waals surface area contributed by atoms with Crippen molar-refractivity contribution in [2.75, 3.05) is 6.61 Å². The molecule has 0 spiro atoms. The van der Waals surface area contributed by atoms with Gasteiger partial charge in [-0.25, -0.2) is 4.99 Å². The Morgan fingerprint density at radius 2 is 2.29 bits per heavy atom. The van der Waals surface area contributed by atoms with Gasteiger partial charge in [-0.2, -0.15) is 0 Å². The summed E-state index contributed by atoms with van der Waals surface area (Å²) in [6.45, 7) is 8.10. The first-order valence-electron chi connectivity index (χ1n) is 7.33. The number of aliphatic hydroxyl groups excluding tert-OH is 1. The summed E-state index contributed by atoms with van der Waals surface area (Å²) < 4.78 is 5.91. The summed E-state index contributed by atoms with van der Waals surface area (Å²) in [5.41, 5.74) is 8.77. The molecule has 0 bridgehead atoms. The number of nitrogens with one attached hydrogen (secondary N) is 1. The number of nitrogens with zero attached hydrogens (tertiary/aromatic N) is 2. The van der Waals surface area contributed by atoms with E-state index in [9.17, 15) is 5.11 Å². The van der Waals surface area contributed by atoms with Crippen LogP contribution in [-0.4, -0.2) is 42.1 Å². The van der Waals surface area contributed by atoms with Crippen LogP contribution in [-0.2, 0) is 4.74 Å². The summed E-state index contributed by atoms with van der Waals surface area (Å²) in [4.78, 5) is 8.87. The quantitative estimate of drug-likeness (QED) is 0.647. The molecule has 3 rings (SSSR count). The normalized spacial score (nSPS) is 39.1. The summed E-state index contributed by atoms with van der Waals surface area (Å²) in [6.07, 6.45) is 2.46. The molecule has 3 unspecified atom stereocenters. The number of aliphatic imine (C=N–C) groups is 2. The summed E-state index contributed by atoms with van der Waals surface area (Å²) in [5.74, 6) is 0.792. The van der Waals surface area contributed by atoms with Crippen molar-refractivity contribution in [3.63, 3.8) is 0 Å². The predicted molar refractivity (Wildman–Crippen MR) is 81.9 cm³/mol. The molecule has 5 atom stereocenters. The van der Waals surface area contributed by atoms with Gasteiger partial charge in [-0.05, 0) is 18.9 Å². The minimum absolute atomic E-state index is 0.000328. The van der Waals surface area contributed by atoms with Crippen molar-refractivity contribution in [3.8, 4) is 0 Å². The number of hydrogen-bond acceptors (Lipinski definition) is 6. The maximum absolute atomic E-state index is 9.30. The topological polar surface area (TPSA) is 92.2 Å². The first kappa shape index (κ1) is 14.3. The first-order valence-corrected chi connectivity index (χ1v) is 7.33. The van der Waals surface area contributed by atoms with Gasteiger partial charge in [-0.3, -0.25) is 4.99 Å². The van der Waals surface area contributed by atoms with Crippen LogP contribution in [0.3, 0.4) is 0 Å². The summed E-state index contributed by atoms with van der Waals surface area (Å²) >= 11 is 0. The standard InChI is InChI=1S/C15H22N4O2/c1-7-4-11(21-12(7)6-20)10-5-17-14-9(3)18-15(16)19-13(14)8(10)2/h5,8-12,20H,1,4,6H2,2-3H3,(H3,16,18,19)/t8?,9?,10?,11-,12-/m1/s1. The molecule has 6 heteroatoms. The summed E-state index contributed by atoms with van der Waals surface area (Å²) in [7, 11) is 0. The van der Waals surface area contributed by atoms with Crippen LogP contribution in [0.25, 0.3) is 0 Å². The van der Waals surface area contributed by atoms with Crippen LogP contribution in [0.5, 0.6) is 0 Å². The van der Waals surface area contributed by atoms with Crippen LogP contribution in [0.4, 0.5) is 0 Å². The Labute approximate surface area is 124 Å². The Morgan fingerprint density at radius 3 is 2.95 bits per heavy atom. The van der Waals surface area contributed by atoms with Crippen molar-refractivity contribution in [1.29, 1.82) is 0 Å². The maximum Gasteiger partial charge on any atom is 0.193 e. The highest BCUT2D eigenvalue weighted by Gasteiger charge is 2.40. The fourth-order valence-electron chi connectivity index (χ4n) is 3.30. The molecule has 1 saturated heterocycles. The van der Waals surface area contributed by atoms with Gasteiger partial charge >= 0.3 is 0 Å². The van der Waals surface area contributed by atoms with E-state index < -0.39 is 0 Å². The molecular formula is C15H22N4O2. The van der Waals surface area contributed by atoms with Gasteiger partial charge in [-0.1, -0.05) is 13.5 Å². The van der Waals surface area contributed by atoms with E-state index in [1.165, 1.54) is 0 Å². The van der Waals surface area contributed by atoms with Gasteiger partial charge in [0.25, 0.3) is 0 Å². The molecule has 3 heterocycles. The van der Waals surface area contributed by atoms with Gasteiger partial charge < -0.3 is 20.9 Å². The van der Waals surface area contributed by atoms with Gasteiger partial charge in [0.2, 0.25) is 0 Å². The molecular weight excluding hydrogens is 268 g/mol. The van der Waals surface area contributed by atoms with Gasteiger partial charge in [0.15, 0.2) is 5.96 Å². The maximum atomic E-state index is 9.30. The third kappa shape index (κ3) is 2.38. The van der Waals surface area contributed by atoms with Crippen LogP contribution in [0.15, 0.2) is 33.5 Å². The van der Waals surface area contributed by atoms with E-state index in [-0.39, 0.29) is 36.7 Å². The summed E-state index contributed by atoms with van der Waals surface area (Å²) in [5, 5.41) is 12.5. The second-order valence-corrected chi connectivity index (χ2v) is 5.97. The minimum Gasteiger partial charge on any atom is -0.393 e. The first-order chi connectivity index (χ1) is 10.0. The lowest BCUT2D eigenvalue weighted by Gasteiger charge is -2.35. The van der Waals surface area contributed by atoms with Gasteiger partial charge in [0, 0.05) is 23.7 Å². The van der Waals surface area contributed by atoms with E-state index in [1.54, 1.807) is 0 Å². The Hall–Kier alpha value is -1.66.